The maximum absolute atomic E-state index is 2.39. The number of rotatable bonds is 3. The van der Waals surface area contributed by atoms with Crippen molar-refractivity contribution in [2.45, 2.75) is 13.5 Å². The van der Waals surface area contributed by atoms with Gasteiger partial charge in [0.15, 0.2) is 0 Å². The third-order valence-electron chi connectivity index (χ3n) is 2.98. The van der Waals surface area contributed by atoms with Crippen molar-refractivity contribution >= 4 is 20.1 Å². The Hall–Kier alpha value is -1.60. The van der Waals surface area contributed by atoms with Crippen LogP contribution in [0.15, 0.2) is 60.3 Å². The van der Waals surface area contributed by atoms with E-state index in [1.807, 2.05) is 0 Å². The van der Waals surface area contributed by atoms with Gasteiger partial charge in [-0.15, -0.1) is 0 Å². The molecule has 0 heterocycles. The van der Waals surface area contributed by atoms with Crippen molar-refractivity contribution in [3.8, 4) is 0 Å². The van der Waals surface area contributed by atoms with Gasteiger partial charge in [0, 0.05) is 0 Å². The molecule has 0 amide bonds. The highest BCUT2D eigenvalue weighted by Gasteiger charge is 2.01. The van der Waals surface area contributed by atoms with Crippen LogP contribution < -0.4 is 5.19 Å². The molecule has 0 N–H and O–H groups in total. The zero-order valence-corrected chi connectivity index (χ0v) is 11.6. The van der Waals surface area contributed by atoms with Crippen LogP contribution in [0.25, 0.3) is 6.08 Å². The summed E-state index contributed by atoms with van der Waals surface area (Å²) in [6, 6.07) is 19.5. The second kappa shape index (κ2) is 5.64. The third-order valence-corrected chi connectivity index (χ3v) is 5.19. The molecule has 0 radical (unpaired) electrons. The SMILES string of the molecule is Cc1ccc(C=C[SiH](C)c2ccccc2)cc1. The molecule has 0 fully saturated rings. The molecule has 0 saturated heterocycles. The summed E-state index contributed by atoms with van der Waals surface area (Å²) in [5.74, 6) is 0. The molecule has 0 aliphatic heterocycles. The molecule has 1 heteroatoms. The molecule has 2 aromatic carbocycles. The summed E-state index contributed by atoms with van der Waals surface area (Å²) in [6.07, 6.45) is 2.25. The Balaban J connectivity index is 2.08. The maximum atomic E-state index is 2.39. The summed E-state index contributed by atoms with van der Waals surface area (Å²) >= 11 is 0. The molecule has 1 atom stereocenters. The summed E-state index contributed by atoms with van der Waals surface area (Å²) in [4.78, 5) is 0. The standard InChI is InChI=1S/C16H18Si/c1-14-8-10-15(11-9-14)12-13-17(2)16-6-4-3-5-7-16/h3-13,17H,1-2H3. The Morgan fingerprint density at radius 2 is 1.53 bits per heavy atom. The van der Waals surface area contributed by atoms with Gasteiger partial charge in [-0.1, -0.05) is 83.7 Å². The van der Waals surface area contributed by atoms with Gasteiger partial charge in [-0.05, 0) is 12.5 Å². The fourth-order valence-corrected chi connectivity index (χ4v) is 3.36. The van der Waals surface area contributed by atoms with E-state index in [0.29, 0.717) is 0 Å². The van der Waals surface area contributed by atoms with Crippen LogP contribution in [0.5, 0.6) is 0 Å². The minimum absolute atomic E-state index is 0.923. The average molecular weight is 238 g/mol. The van der Waals surface area contributed by atoms with Crippen LogP contribution in [0.3, 0.4) is 0 Å². The minimum Gasteiger partial charge on any atom is -0.0925 e. The topological polar surface area (TPSA) is 0 Å². The van der Waals surface area contributed by atoms with Gasteiger partial charge in [0.1, 0.15) is 0 Å². The lowest BCUT2D eigenvalue weighted by molar-refractivity contribution is 1.46. The second-order valence-corrected chi connectivity index (χ2v) is 7.10. The van der Waals surface area contributed by atoms with Crippen LogP contribution in [0.4, 0.5) is 0 Å². The Morgan fingerprint density at radius 1 is 0.882 bits per heavy atom. The van der Waals surface area contributed by atoms with E-state index in [1.165, 1.54) is 16.3 Å². The first kappa shape index (κ1) is 11.9. The van der Waals surface area contributed by atoms with Crippen molar-refractivity contribution in [3.05, 3.63) is 71.4 Å². The van der Waals surface area contributed by atoms with E-state index in [1.54, 1.807) is 0 Å². The number of hydrogen-bond acceptors (Lipinski definition) is 0. The third kappa shape index (κ3) is 3.43. The van der Waals surface area contributed by atoms with Gasteiger partial charge in [-0.25, -0.2) is 0 Å². The summed E-state index contributed by atoms with van der Waals surface area (Å²) in [5.41, 5.74) is 5.00. The Kier molecular flexibility index (Phi) is 3.94. The smallest absolute Gasteiger partial charge is 0.0910 e. The summed E-state index contributed by atoms with van der Waals surface area (Å²) < 4.78 is 0. The predicted octanol–water partition coefficient (Wildman–Crippen LogP) is 3.31. The fraction of sp³-hybridized carbons (Fsp3) is 0.125. The van der Waals surface area contributed by atoms with Crippen LogP contribution in [0.2, 0.25) is 6.55 Å². The van der Waals surface area contributed by atoms with Crippen molar-refractivity contribution in [1.82, 2.24) is 0 Å². The van der Waals surface area contributed by atoms with Crippen molar-refractivity contribution in [3.63, 3.8) is 0 Å². The zero-order valence-electron chi connectivity index (χ0n) is 10.4. The first-order chi connectivity index (χ1) is 8.25. The lowest BCUT2D eigenvalue weighted by Gasteiger charge is -2.04. The monoisotopic (exact) mass is 238 g/mol. The largest absolute Gasteiger partial charge is 0.0925 e. The first-order valence-electron chi connectivity index (χ1n) is 6.05. The summed E-state index contributed by atoms with van der Waals surface area (Å²) in [6.45, 7) is 4.48. The van der Waals surface area contributed by atoms with Gasteiger partial charge in [0.2, 0.25) is 0 Å². The normalized spacial score (nSPS) is 12.8. The molecular weight excluding hydrogens is 220 g/mol. The summed E-state index contributed by atoms with van der Waals surface area (Å²) in [7, 11) is -0.923. The van der Waals surface area contributed by atoms with Gasteiger partial charge in [-0.2, -0.15) is 0 Å². The van der Waals surface area contributed by atoms with E-state index in [2.05, 4.69) is 79.8 Å². The molecule has 2 rings (SSSR count). The molecule has 0 bridgehead atoms. The lowest BCUT2D eigenvalue weighted by atomic mass is 10.2. The van der Waals surface area contributed by atoms with E-state index in [0.717, 1.165) is 0 Å². The molecule has 0 aliphatic rings. The van der Waals surface area contributed by atoms with Crippen molar-refractivity contribution < 1.29 is 0 Å². The van der Waals surface area contributed by atoms with Crippen LogP contribution in [-0.4, -0.2) is 8.80 Å². The highest BCUT2D eigenvalue weighted by Crippen LogP contribution is 2.05. The van der Waals surface area contributed by atoms with Crippen molar-refractivity contribution in [2.24, 2.45) is 0 Å². The highest BCUT2D eigenvalue weighted by molar-refractivity contribution is 6.77. The number of aryl methyl sites for hydroxylation is 1. The van der Waals surface area contributed by atoms with Gasteiger partial charge in [0.25, 0.3) is 0 Å². The first-order valence-corrected chi connectivity index (χ1v) is 8.45. The van der Waals surface area contributed by atoms with E-state index >= 15 is 0 Å². The highest BCUT2D eigenvalue weighted by atomic mass is 28.3. The van der Waals surface area contributed by atoms with Gasteiger partial charge in [0.05, 0.1) is 8.80 Å². The van der Waals surface area contributed by atoms with Crippen molar-refractivity contribution in [1.29, 1.82) is 0 Å². The maximum Gasteiger partial charge on any atom is 0.0910 e. The van der Waals surface area contributed by atoms with E-state index < -0.39 is 8.80 Å². The Labute approximate surface area is 105 Å². The van der Waals surface area contributed by atoms with Gasteiger partial charge in [-0.3, -0.25) is 0 Å². The molecule has 17 heavy (non-hydrogen) atoms. The molecule has 0 nitrogen and oxygen atoms in total. The second-order valence-electron chi connectivity index (χ2n) is 4.47. The van der Waals surface area contributed by atoms with Crippen LogP contribution in [0, 0.1) is 6.92 Å². The predicted molar refractivity (Wildman–Crippen MR) is 79.3 cm³/mol. The number of hydrogen-bond donors (Lipinski definition) is 0. The van der Waals surface area contributed by atoms with Crippen LogP contribution >= 0.6 is 0 Å². The van der Waals surface area contributed by atoms with Crippen LogP contribution in [0.1, 0.15) is 11.1 Å². The minimum atomic E-state index is -0.923. The molecular formula is C16H18Si. The molecule has 0 saturated carbocycles. The Bertz CT molecular complexity index is 483. The van der Waals surface area contributed by atoms with Gasteiger partial charge >= 0.3 is 0 Å². The molecule has 1 unspecified atom stereocenters. The van der Waals surface area contributed by atoms with Crippen LogP contribution in [-0.2, 0) is 0 Å². The summed E-state index contributed by atoms with van der Waals surface area (Å²) in [5, 5.41) is 1.50. The molecule has 2 aromatic rings. The van der Waals surface area contributed by atoms with Gasteiger partial charge < -0.3 is 0 Å². The molecule has 86 valence electrons. The van der Waals surface area contributed by atoms with Crippen molar-refractivity contribution in [2.75, 3.05) is 0 Å². The van der Waals surface area contributed by atoms with E-state index in [-0.39, 0.29) is 0 Å². The molecule has 0 aliphatic carbocycles. The number of benzene rings is 2. The van der Waals surface area contributed by atoms with E-state index in [4.69, 9.17) is 0 Å². The Morgan fingerprint density at radius 3 is 2.18 bits per heavy atom. The quantitative estimate of drug-likeness (QED) is 0.720. The van der Waals surface area contributed by atoms with E-state index in [9.17, 15) is 0 Å². The average Bonchev–Trinajstić information content (AvgIpc) is 2.39. The molecule has 0 aromatic heterocycles. The lowest BCUT2D eigenvalue weighted by Crippen LogP contribution is -2.23. The zero-order chi connectivity index (χ0) is 12.1. The molecule has 0 spiro atoms. The fourth-order valence-electron chi connectivity index (χ4n) is 1.80.